The Morgan fingerprint density at radius 1 is 1.26 bits per heavy atom. The fraction of sp³-hybridized carbons (Fsp3) is 0.429. The van der Waals surface area contributed by atoms with Gasteiger partial charge in [0.25, 0.3) is 0 Å². The maximum absolute atomic E-state index is 11.3. The molecule has 1 unspecified atom stereocenters. The van der Waals surface area contributed by atoms with Gasteiger partial charge in [0.15, 0.2) is 0 Å². The summed E-state index contributed by atoms with van der Waals surface area (Å²) in [5.74, 6) is -0.593. The first-order valence-corrected chi connectivity index (χ1v) is 6.15. The Morgan fingerprint density at radius 3 is 2.26 bits per heavy atom. The Hall–Kier alpha value is -1.88. The number of benzene rings is 1. The molecule has 3 N–H and O–H groups in total. The number of nitrogens with one attached hydrogen (secondary N) is 1. The summed E-state index contributed by atoms with van der Waals surface area (Å²) in [5, 5.41) is 3.11. The molecule has 0 bridgehead atoms. The molecular formula is C14H20N2O3. The topological polar surface area (TPSA) is 81.4 Å². The molecular weight excluding hydrogens is 244 g/mol. The predicted molar refractivity (Wildman–Crippen MR) is 72.4 cm³/mol. The van der Waals surface area contributed by atoms with Crippen molar-refractivity contribution >= 4 is 11.9 Å². The van der Waals surface area contributed by atoms with Gasteiger partial charge in [-0.05, 0) is 23.6 Å². The number of rotatable bonds is 6. The Kier molecular flexibility index (Phi) is 5.51. The van der Waals surface area contributed by atoms with E-state index in [2.05, 4.69) is 10.1 Å². The van der Waals surface area contributed by atoms with E-state index >= 15 is 0 Å². The van der Waals surface area contributed by atoms with Crippen molar-refractivity contribution in [1.29, 1.82) is 0 Å². The zero-order valence-electron chi connectivity index (χ0n) is 11.5. The molecule has 5 heteroatoms. The van der Waals surface area contributed by atoms with Crippen LogP contribution < -0.4 is 11.1 Å². The minimum Gasteiger partial charge on any atom is -0.465 e. The summed E-state index contributed by atoms with van der Waals surface area (Å²) < 4.78 is 4.62. The first-order chi connectivity index (χ1) is 8.95. The molecule has 104 valence electrons. The number of methoxy groups -OCH3 is 1. The summed E-state index contributed by atoms with van der Waals surface area (Å²) in [7, 11) is 1.35. The minimum absolute atomic E-state index is 0.131. The Labute approximate surface area is 113 Å². The maximum atomic E-state index is 11.3. The number of carbonyl (C=O) groups excluding carboxylic acids is 2. The van der Waals surface area contributed by atoms with Gasteiger partial charge in [0.2, 0.25) is 5.91 Å². The molecule has 1 rings (SSSR count). The molecule has 0 radical (unpaired) electrons. The lowest BCUT2D eigenvalue weighted by Crippen LogP contribution is -2.44. The highest BCUT2D eigenvalue weighted by Crippen LogP contribution is 2.07. The van der Waals surface area contributed by atoms with Crippen molar-refractivity contribution in [2.45, 2.75) is 26.4 Å². The summed E-state index contributed by atoms with van der Waals surface area (Å²) in [6.45, 7) is 4.39. The number of amides is 1. The largest absolute Gasteiger partial charge is 0.465 e. The van der Waals surface area contributed by atoms with Gasteiger partial charge in [-0.25, -0.2) is 4.79 Å². The molecule has 0 aliphatic rings. The van der Waals surface area contributed by atoms with Crippen molar-refractivity contribution < 1.29 is 14.3 Å². The maximum Gasteiger partial charge on any atom is 0.337 e. The average Bonchev–Trinajstić information content (AvgIpc) is 2.38. The zero-order chi connectivity index (χ0) is 14.4. The molecule has 0 aliphatic heterocycles. The van der Waals surface area contributed by atoms with Crippen molar-refractivity contribution in [2.24, 2.45) is 11.7 Å². The lowest BCUT2D eigenvalue weighted by atomic mass is 10.0. The van der Waals surface area contributed by atoms with Crippen LogP contribution in [0.1, 0.15) is 29.8 Å². The lowest BCUT2D eigenvalue weighted by Gasteiger charge is -2.18. The van der Waals surface area contributed by atoms with E-state index in [1.807, 2.05) is 26.0 Å². The Morgan fingerprint density at radius 2 is 1.84 bits per heavy atom. The second kappa shape index (κ2) is 6.89. The third-order valence-electron chi connectivity index (χ3n) is 2.87. The molecule has 19 heavy (non-hydrogen) atoms. The molecule has 1 atom stereocenters. The third kappa shape index (κ3) is 4.37. The van der Waals surface area contributed by atoms with Crippen LogP contribution in [-0.4, -0.2) is 25.0 Å². The zero-order valence-corrected chi connectivity index (χ0v) is 11.5. The predicted octanol–water partition coefficient (Wildman–Crippen LogP) is 1.07. The summed E-state index contributed by atoms with van der Waals surface area (Å²) in [5.41, 5.74) is 6.79. The van der Waals surface area contributed by atoms with Gasteiger partial charge in [0.05, 0.1) is 18.7 Å². The minimum atomic E-state index is -0.364. The van der Waals surface area contributed by atoms with Crippen LogP contribution in [-0.2, 0) is 16.1 Å². The Bertz CT molecular complexity index is 441. The molecule has 0 aromatic heterocycles. The van der Waals surface area contributed by atoms with Gasteiger partial charge >= 0.3 is 5.97 Å². The van der Waals surface area contributed by atoms with Crippen LogP contribution in [0.4, 0.5) is 0 Å². The van der Waals surface area contributed by atoms with Gasteiger partial charge < -0.3 is 15.8 Å². The molecule has 0 fully saturated rings. The van der Waals surface area contributed by atoms with Gasteiger partial charge in [0, 0.05) is 6.54 Å². The number of nitrogens with two attached hydrogens (primary N) is 1. The number of hydrogen-bond donors (Lipinski definition) is 2. The summed E-state index contributed by atoms with van der Waals surface area (Å²) in [6, 6.07) is 6.66. The van der Waals surface area contributed by atoms with Crippen molar-refractivity contribution in [3.8, 4) is 0 Å². The van der Waals surface area contributed by atoms with Crippen LogP contribution in [0.25, 0.3) is 0 Å². The van der Waals surface area contributed by atoms with Crippen LogP contribution in [0, 0.1) is 5.92 Å². The lowest BCUT2D eigenvalue weighted by molar-refractivity contribution is -0.121. The first-order valence-electron chi connectivity index (χ1n) is 6.15. The highest BCUT2D eigenvalue weighted by atomic mass is 16.5. The van der Waals surface area contributed by atoms with E-state index in [0.29, 0.717) is 12.1 Å². The molecule has 0 saturated heterocycles. The monoisotopic (exact) mass is 264 g/mol. The summed E-state index contributed by atoms with van der Waals surface area (Å²) in [6.07, 6.45) is 0. The molecule has 1 aromatic carbocycles. The first kappa shape index (κ1) is 15.2. The third-order valence-corrected chi connectivity index (χ3v) is 2.87. The van der Waals surface area contributed by atoms with Gasteiger partial charge in [0.1, 0.15) is 0 Å². The SMILES string of the molecule is COC(=O)c1ccc(CNC(C(N)=O)C(C)C)cc1. The number of primary amides is 1. The van der Waals surface area contributed by atoms with Crippen molar-refractivity contribution in [1.82, 2.24) is 5.32 Å². The number of carbonyl (C=O) groups is 2. The van der Waals surface area contributed by atoms with Crippen LogP contribution in [0.3, 0.4) is 0 Å². The summed E-state index contributed by atoms with van der Waals surface area (Å²) in [4.78, 5) is 22.5. The second-order valence-electron chi connectivity index (χ2n) is 4.69. The quantitative estimate of drug-likeness (QED) is 0.753. The van der Waals surface area contributed by atoms with Crippen molar-refractivity contribution in [2.75, 3.05) is 7.11 Å². The van der Waals surface area contributed by atoms with Gasteiger partial charge in [-0.2, -0.15) is 0 Å². The normalized spacial score (nSPS) is 12.2. The molecule has 0 saturated carbocycles. The molecule has 1 aromatic rings. The fourth-order valence-electron chi connectivity index (χ4n) is 1.77. The van der Waals surface area contributed by atoms with E-state index in [0.717, 1.165) is 5.56 Å². The van der Waals surface area contributed by atoms with Crippen molar-refractivity contribution in [3.63, 3.8) is 0 Å². The summed E-state index contributed by atoms with van der Waals surface area (Å²) >= 11 is 0. The number of hydrogen-bond acceptors (Lipinski definition) is 4. The van der Waals surface area contributed by atoms with E-state index < -0.39 is 0 Å². The molecule has 1 amide bonds. The van der Waals surface area contributed by atoms with Crippen LogP contribution in [0.15, 0.2) is 24.3 Å². The molecule has 5 nitrogen and oxygen atoms in total. The molecule has 0 spiro atoms. The van der Waals surface area contributed by atoms with Gasteiger partial charge in [-0.3, -0.25) is 4.79 Å². The van der Waals surface area contributed by atoms with E-state index in [1.165, 1.54) is 7.11 Å². The van der Waals surface area contributed by atoms with Crippen LogP contribution in [0.2, 0.25) is 0 Å². The fourth-order valence-corrected chi connectivity index (χ4v) is 1.77. The van der Waals surface area contributed by atoms with E-state index in [4.69, 9.17) is 5.73 Å². The number of esters is 1. The smallest absolute Gasteiger partial charge is 0.337 e. The van der Waals surface area contributed by atoms with Crippen LogP contribution in [0.5, 0.6) is 0 Å². The highest BCUT2D eigenvalue weighted by Gasteiger charge is 2.18. The molecule has 0 heterocycles. The van der Waals surface area contributed by atoms with Gasteiger partial charge in [-0.15, -0.1) is 0 Å². The Balaban J connectivity index is 2.63. The average molecular weight is 264 g/mol. The van der Waals surface area contributed by atoms with Crippen LogP contribution >= 0.6 is 0 Å². The van der Waals surface area contributed by atoms with Gasteiger partial charge in [-0.1, -0.05) is 26.0 Å². The van der Waals surface area contributed by atoms with E-state index in [-0.39, 0.29) is 23.8 Å². The van der Waals surface area contributed by atoms with E-state index in [9.17, 15) is 9.59 Å². The van der Waals surface area contributed by atoms with E-state index in [1.54, 1.807) is 12.1 Å². The second-order valence-corrected chi connectivity index (χ2v) is 4.69. The molecule has 0 aliphatic carbocycles. The number of ether oxygens (including phenoxy) is 1. The standard InChI is InChI=1S/C14H20N2O3/c1-9(2)12(13(15)17)16-8-10-4-6-11(7-5-10)14(18)19-3/h4-7,9,12,16H,8H2,1-3H3,(H2,15,17). The highest BCUT2D eigenvalue weighted by molar-refractivity contribution is 5.89. The van der Waals surface area contributed by atoms with Crippen molar-refractivity contribution in [3.05, 3.63) is 35.4 Å².